The number of fused-ring (bicyclic) bond motifs is 1. The number of anilines is 1. The van der Waals surface area contributed by atoms with E-state index in [9.17, 15) is 19.7 Å². The number of nitro groups is 1. The molecule has 3 amide bonds. The van der Waals surface area contributed by atoms with Crippen LogP contribution in [-0.4, -0.2) is 46.3 Å². The molecule has 35 heavy (non-hydrogen) atoms. The Hall–Kier alpha value is -4.66. The number of hydrogen-bond acceptors (Lipinski definition) is 5. The Labute approximate surface area is 200 Å². The number of furan rings is 1. The van der Waals surface area contributed by atoms with Gasteiger partial charge in [-0.15, -0.1) is 0 Å². The molecule has 1 saturated heterocycles. The first kappa shape index (κ1) is 22.1. The molecule has 0 aliphatic carbocycles. The highest BCUT2D eigenvalue weighted by Gasteiger charge is 2.34. The maximum Gasteiger partial charge on any atom is 0.322 e. The summed E-state index contributed by atoms with van der Waals surface area (Å²) in [4.78, 5) is 40.2. The molecule has 176 valence electrons. The zero-order valence-electron chi connectivity index (χ0n) is 18.7. The number of nitrogens with one attached hydrogen (secondary N) is 1. The molecule has 1 fully saturated rings. The number of rotatable bonds is 4. The number of hydrogen-bond donors (Lipinski definition) is 1. The number of carbonyl (C=O) groups is 2. The van der Waals surface area contributed by atoms with Gasteiger partial charge in [-0.3, -0.25) is 14.9 Å². The topological polar surface area (TPSA) is 109 Å². The summed E-state index contributed by atoms with van der Waals surface area (Å²) in [5.74, 6) is 0.0411. The molecule has 0 saturated carbocycles. The molecule has 0 bridgehead atoms. The van der Waals surface area contributed by atoms with Crippen LogP contribution in [0.25, 0.3) is 11.0 Å². The van der Waals surface area contributed by atoms with Gasteiger partial charge in [0, 0.05) is 42.8 Å². The lowest BCUT2D eigenvalue weighted by atomic mass is 10.0. The number of benzene rings is 3. The first-order valence-electron chi connectivity index (χ1n) is 11.1. The molecular weight excluding hydrogens is 448 g/mol. The second-order valence-electron chi connectivity index (χ2n) is 8.25. The summed E-state index contributed by atoms with van der Waals surface area (Å²) in [7, 11) is 0. The molecule has 1 aliphatic rings. The molecule has 0 spiro atoms. The molecule has 5 rings (SSSR count). The Kier molecular flexibility index (Phi) is 5.88. The van der Waals surface area contributed by atoms with Crippen molar-refractivity contribution >= 4 is 34.3 Å². The lowest BCUT2D eigenvalue weighted by Gasteiger charge is -2.41. The van der Waals surface area contributed by atoms with Crippen molar-refractivity contribution in [3.05, 3.63) is 106 Å². The molecule has 3 aromatic carbocycles. The Morgan fingerprint density at radius 3 is 2.37 bits per heavy atom. The van der Waals surface area contributed by atoms with Gasteiger partial charge in [-0.25, -0.2) is 4.79 Å². The lowest BCUT2D eigenvalue weighted by Crippen LogP contribution is -2.53. The molecule has 1 N–H and O–H groups in total. The summed E-state index contributed by atoms with van der Waals surface area (Å²) in [6.07, 6.45) is 0. The number of amides is 3. The van der Waals surface area contributed by atoms with E-state index in [4.69, 9.17) is 4.42 Å². The van der Waals surface area contributed by atoms with Crippen LogP contribution in [0.15, 0.2) is 89.3 Å². The standard InChI is InChI=1S/C26H22N4O5/c31-25(24-16-19-8-4-5-9-23(19)35-24)28-14-15-29(22(17-28)18-6-2-1-3-7-18)26(32)27-20-10-12-21(13-11-20)30(33)34/h1-13,16,22H,14-15,17H2,(H,27,32). The Bertz CT molecular complexity index is 1350. The third-order valence-corrected chi connectivity index (χ3v) is 6.08. The number of piperazine rings is 1. The van der Waals surface area contributed by atoms with E-state index in [-0.39, 0.29) is 29.4 Å². The average Bonchev–Trinajstić information content (AvgIpc) is 3.33. The molecule has 1 aromatic heterocycles. The van der Waals surface area contributed by atoms with Crippen molar-refractivity contribution in [3.63, 3.8) is 0 Å². The molecule has 1 atom stereocenters. The molecular formula is C26H22N4O5. The van der Waals surface area contributed by atoms with Crippen LogP contribution >= 0.6 is 0 Å². The molecule has 9 nitrogen and oxygen atoms in total. The highest BCUT2D eigenvalue weighted by atomic mass is 16.6. The van der Waals surface area contributed by atoms with E-state index in [0.717, 1.165) is 10.9 Å². The van der Waals surface area contributed by atoms with Gasteiger partial charge in [0.2, 0.25) is 0 Å². The van der Waals surface area contributed by atoms with Gasteiger partial charge >= 0.3 is 6.03 Å². The Morgan fingerprint density at radius 1 is 0.943 bits per heavy atom. The van der Waals surface area contributed by atoms with E-state index >= 15 is 0 Å². The fourth-order valence-electron chi connectivity index (χ4n) is 4.28. The quantitative estimate of drug-likeness (QED) is 0.331. The predicted molar refractivity (Wildman–Crippen MR) is 130 cm³/mol. The van der Waals surface area contributed by atoms with Crippen LogP contribution in [-0.2, 0) is 0 Å². The highest BCUT2D eigenvalue weighted by Crippen LogP contribution is 2.29. The van der Waals surface area contributed by atoms with Crippen LogP contribution < -0.4 is 5.32 Å². The fourth-order valence-corrected chi connectivity index (χ4v) is 4.28. The number of nitrogens with zero attached hydrogens (tertiary/aromatic N) is 3. The molecule has 0 radical (unpaired) electrons. The SMILES string of the molecule is O=C(c1cc2ccccc2o1)N1CCN(C(=O)Nc2ccc([N+](=O)[O-])cc2)C(c2ccccc2)C1. The van der Waals surface area contributed by atoms with Crippen LogP contribution in [0.1, 0.15) is 22.2 Å². The van der Waals surface area contributed by atoms with Gasteiger partial charge in [-0.2, -0.15) is 0 Å². The van der Waals surface area contributed by atoms with Crippen molar-refractivity contribution in [2.45, 2.75) is 6.04 Å². The summed E-state index contributed by atoms with van der Waals surface area (Å²) in [6.45, 7) is 0.949. The van der Waals surface area contributed by atoms with E-state index < -0.39 is 4.92 Å². The zero-order valence-corrected chi connectivity index (χ0v) is 18.7. The van der Waals surface area contributed by atoms with Crippen LogP contribution in [0.5, 0.6) is 0 Å². The summed E-state index contributed by atoms with van der Waals surface area (Å²) in [6, 6.07) is 23.7. The summed E-state index contributed by atoms with van der Waals surface area (Å²) >= 11 is 0. The van der Waals surface area contributed by atoms with E-state index in [0.29, 0.717) is 30.9 Å². The average molecular weight is 470 g/mol. The maximum atomic E-state index is 13.3. The van der Waals surface area contributed by atoms with Crippen molar-refractivity contribution in [3.8, 4) is 0 Å². The van der Waals surface area contributed by atoms with Gasteiger partial charge in [0.05, 0.1) is 11.0 Å². The molecule has 1 unspecified atom stereocenters. The van der Waals surface area contributed by atoms with E-state index in [2.05, 4.69) is 5.32 Å². The van der Waals surface area contributed by atoms with Gasteiger partial charge in [-0.05, 0) is 29.8 Å². The summed E-state index contributed by atoms with van der Waals surface area (Å²) < 4.78 is 5.77. The fraction of sp³-hybridized carbons (Fsp3) is 0.154. The van der Waals surface area contributed by atoms with Crippen molar-refractivity contribution < 1.29 is 18.9 Å². The number of urea groups is 1. The monoisotopic (exact) mass is 470 g/mol. The number of non-ortho nitro benzene ring substituents is 1. The van der Waals surface area contributed by atoms with Crippen LogP contribution in [0, 0.1) is 10.1 Å². The molecule has 1 aliphatic heterocycles. The van der Waals surface area contributed by atoms with Gasteiger partial charge in [0.25, 0.3) is 11.6 Å². The number of para-hydroxylation sites is 1. The van der Waals surface area contributed by atoms with E-state index in [1.165, 1.54) is 24.3 Å². The third kappa shape index (κ3) is 4.56. The Morgan fingerprint density at radius 2 is 1.66 bits per heavy atom. The minimum absolute atomic E-state index is 0.0529. The van der Waals surface area contributed by atoms with Crippen molar-refractivity contribution in [1.82, 2.24) is 9.80 Å². The van der Waals surface area contributed by atoms with Crippen molar-refractivity contribution in [2.24, 2.45) is 0 Å². The van der Waals surface area contributed by atoms with Gasteiger partial charge in [0.1, 0.15) is 5.58 Å². The van der Waals surface area contributed by atoms with E-state index in [1.54, 1.807) is 15.9 Å². The predicted octanol–water partition coefficient (Wildman–Crippen LogP) is 5.07. The molecule has 4 aromatic rings. The number of nitro benzene ring substituents is 1. The second-order valence-corrected chi connectivity index (χ2v) is 8.25. The Balaban J connectivity index is 1.36. The lowest BCUT2D eigenvalue weighted by molar-refractivity contribution is -0.384. The van der Waals surface area contributed by atoms with Crippen molar-refractivity contribution in [2.75, 3.05) is 25.0 Å². The molecule has 2 heterocycles. The van der Waals surface area contributed by atoms with Crippen LogP contribution in [0.3, 0.4) is 0 Å². The van der Waals surface area contributed by atoms with Gasteiger partial charge < -0.3 is 19.5 Å². The van der Waals surface area contributed by atoms with Crippen LogP contribution in [0.4, 0.5) is 16.2 Å². The maximum absolute atomic E-state index is 13.3. The summed E-state index contributed by atoms with van der Waals surface area (Å²) in [5.41, 5.74) is 1.95. The summed E-state index contributed by atoms with van der Waals surface area (Å²) in [5, 5.41) is 14.6. The largest absolute Gasteiger partial charge is 0.451 e. The zero-order chi connectivity index (χ0) is 24.4. The van der Waals surface area contributed by atoms with Gasteiger partial charge in [-0.1, -0.05) is 48.5 Å². The van der Waals surface area contributed by atoms with Crippen molar-refractivity contribution in [1.29, 1.82) is 0 Å². The molecule has 9 heteroatoms. The first-order chi connectivity index (χ1) is 17.0. The normalized spacial score (nSPS) is 15.7. The third-order valence-electron chi connectivity index (χ3n) is 6.08. The highest BCUT2D eigenvalue weighted by molar-refractivity contribution is 5.96. The smallest absolute Gasteiger partial charge is 0.322 e. The van der Waals surface area contributed by atoms with Gasteiger partial charge in [0.15, 0.2) is 5.76 Å². The van der Waals surface area contributed by atoms with E-state index in [1.807, 2.05) is 54.6 Å². The first-order valence-corrected chi connectivity index (χ1v) is 11.1. The number of carbonyl (C=O) groups excluding carboxylic acids is 2. The minimum Gasteiger partial charge on any atom is -0.451 e. The minimum atomic E-state index is -0.491. The second kappa shape index (κ2) is 9.30. The van der Waals surface area contributed by atoms with Crippen LogP contribution in [0.2, 0.25) is 0 Å².